The number of fused-ring (bicyclic) bond motifs is 2. The SMILES string of the molecule is Cc1cc(=O)oc2cc(OCC(=O)OCc3cc(=O)n4c(C)csc4n3)ccc12. The van der Waals surface area contributed by atoms with E-state index in [2.05, 4.69) is 4.98 Å². The third-order valence-corrected chi connectivity index (χ3v) is 5.23. The molecule has 4 aromatic rings. The van der Waals surface area contributed by atoms with Crippen LogP contribution in [0.4, 0.5) is 0 Å². The average Bonchev–Trinajstić information content (AvgIpc) is 3.05. The fourth-order valence-electron chi connectivity index (χ4n) is 2.91. The van der Waals surface area contributed by atoms with Gasteiger partial charge in [-0.05, 0) is 31.5 Å². The van der Waals surface area contributed by atoms with Gasteiger partial charge in [-0.3, -0.25) is 9.20 Å². The molecule has 0 aliphatic heterocycles. The summed E-state index contributed by atoms with van der Waals surface area (Å²) in [5.41, 5.74) is 1.68. The van der Waals surface area contributed by atoms with Crippen LogP contribution in [0.5, 0.6) is 5.75 Å². The van der Waals surface area contributed by atoms with Crippen molar-refractivity contribution in [2.24, 2.45) is 0 Å². The molecule has 29 heavy (non-hydrogen) atoms. The second-order valence-corrected chi connectivity index (χ2v) is 7.27. The van der Waals surface area contributed by atoms with Crippen molar-refractivity contribution in [3.63, 3.8) is 0 Å². The molecular weight excluding hydrogens is 396 g/mol. The van der Waals surface area contributed by atoms with Gasteiger partial charge < -0.3 is 13.9 Å². The summed E-state index contributed by atoms with van der Waals surface area (Å²) in [6.45, 7) is 3.17. The first-order valence-corrected chi connectivity index (χ1v) is 9.58. The van der Waals surface area contributed by atoms with Crippen molar-refractivity contribution >= 4 is 33.2 Å². The summed E-state index contributed by atoms with van der Waals surface area (Å²) >= 11 is 1.34. The number of ether oxygens (including phenoxy) is 2. The second kappa shape index (κ2) is 7.51. The fraction of sp³-hybridized carbons (Fsp3) is 0.200. The van der Waals surface area contributed by atoms with Gasteiger partial charge in [0.05, 0.1) is 5.69 Å². The van der Waals surface area contributed by atoms with E-state index >= 15 is 0 Å². The molecule has 0 amide bonds. The van der Waals surface area contributed by atoms with Crippen LogP contribution in [0, 0.1) is 13.8 Å². The molecule has 4 rings (SSSR count). The van der Waals surface area contributed by atoms with Crippen LogP contribution in [-0.4, -0.2) is 22.0 Å². The average molecular weight is 412 g/mol. The summed E-state index contributed by atoms with van der Waals surface area (Å²) < 4.78 is 17.2. The fourth-order valence-corrected chi connectivity index (χ4v) is 3.80. The molecule has 1 aromatic carbocycles. The van der Waals surface area contributed by atoms with E-state index in [0.29, 0.717) is 22.0 Å². The lowest BCUT2D eigenvalue weighted by Crippen LogP contribution is -2.18. The normalized spacial score (nSPS) is 11.1. The lowest BCUT2D eigenvalue weighted by atomic mass is 10.1. The minimum atomic E-state index is -0.611. The van der Waals surface area contributed by atoms with Crippen LogP contribution in [0.15, 0.2) is 49.7 Å². The Morgan fingerprint density at radius 3 is 2.86 bits per heavy atom. The number of carbonyl (C=O) groups excluding carboxylic acids is 1. The molecule has 8 nitrogen and oxygen atoms in total. The maximum absolute atomic E-state index is 12.1. The molecule has 0 saturated carbocycles. The second-order valence-electron chi connectivity index (χ2n) is 6.44. The highest BCUT2D eigenvalue weighted by Crippen LogP contribution is 2.22. The first-order valence-electron chi connectivity index (χ1n) is 8.70. The number of aryl methyl sites for hydroxylation is 2. The summed E-state index contributed by atoms with van der Waals surface area (Å²) in [5, 5.41) is 2.62. The number of nitrogens with zero attached hydrogens (tertiary/aromatic N) is 2. The van der Waals surface area contributed by atoms with Gasteiger partial charge in [0.15, 0.2) is 11.6 Å². The van der Waals surface area contributed by atoms with Crippen molar-refractivity contribution in [2.45, 2.75) is 20.5 Å². The van der Waals surface area contributed by atoms with Crippen LogP contribution in [0.2, 0.25) is 0 Å². The number of aromatic nitrogens is 2. The Morgan fingerprint density at radius 1 is 1.21 bits per heavy atom. The van der Waals surface area contributed by atoms with Gasteiger partial charge in [-0.25, -0.2) is 14.6 Å². The van der Waals surface area contributed by atoms with E-state index < -0.39 is 11.6 Å². The minimum Gasteiger partial charge on any atom is -0.482 e. The topological polar surface area (TPSA) is 100 Å². The van der Waals surface area contributed by atoms with E-state index in [1.54, 1.807) is 18.2 Å². The minimum absolute atomic E-state index is 0.128. The van der Waals surface area contributed by atoms with Crippen LogP contribution < -0.4 is 15.9 Å². The molecule has 3 aromatic heterocycles. The Hall–Kier alpha value is -3.46. The van der Waals surface area contributed by atoms with Crippen molar-refractivity contribution in [3.05, 3.63) is 73.4 Å². The molecule has 0 N–H and O–H groups in total. The third kappa shape index (κ3) is 3.90. The predicted molar refractivity (Wildman–Crippen MR) is 107 cm³/mol. The van der Waals surface area contributed by atoms with E-state index in [4.69, 9.17) is 13.9 Å². The molecule has 0 unspecified atom stereocenters. The van der Waals surface area contributed by atoms with Crippen LogP contribution in [0.3, 0.4) is 0 Å². The Labute approximate surface area is 168 Å². The van der Waals surface area contributed by atoms with E-state index in [9.17, 15) is 14.4 Å². The molecule has 0 spiro atoms. The van der Waals surface area contributed by atoms with Crippen LogP contribution in [-0.2, 0) is 16.1 Å². The molecule has 0 bridgehead atoms. The third-order valence-electron chi connectivity index (χ3n) is 4.29. The molecule has 0 aliphatic carbocycles. The van der Waals surface area contributed by atoms with Gasteiger partial charge >= 0.3 is 11.6 Å². The quantitative estimate of drug-likeness (QED) is 0.367. The zero-order chi connectivity index (χ0) is 20.5. The maximum Gasteiger partial charge on any atom is 0.344 e. The molecule has 3 heterocycles. The van der Waals surface area contributed by atoms with E-state index in [-0.39, 0.29) is 18.8 Å². The van der Waals surface area contributed by atoms with E-state index in [1.807, 2.05) is 19.2 Å². The van der Waals surface area contributed by atoms with Crippen LogP contribution in [0.25, 0.3) is 15.9 Å². The number of thiazole rings is 1. The number of hydrogen-bond donors (Lipinski definition) is 0. The zero-order valence-corrected chi connectivity index (χ0v) is 16.4. The van der Waals surface area contributed by atoms with Crippen molar-refractivity contribution in [1.29, 1.82) is 0 Å². The first-order chi connectivity index (χ1) is 13.9. The van der Waals surface area contributed by atoms with Crippen molar-refractivity contribution in [3.8, 4) is 5.75 Å². The largest absolute Gasteiger partial charge is 0.482 e. The highest BCUT2D eigenvalue weighted by Gasteiger charge is 2.10. The van der Waals surface area contributed by atoms with Gasteiger partial charge in [0.2, 0.25) is 0 Å². The molecule has 0 aliphatic rings. The summed E-state index contributed by atoms with van der Waals surface area (Å²) in [6, 6.07) is 7.73. The van der Waals surface area contributed by atoms with Crippen LogP contribution in [0.1, 0.15) is 17.0 Å². The smallest absolute Gasteiger partial charge is 0.344 e. The number of benzene rings is 1. The highest BCUT2D eigenvalue weighted by molar-refractivity contribution is 7.15. The molecule has 0 saturated heterocycles. The number of rotatable bonds is 5. The van der Waals surface area contributed by atoms with Gasteiger partial charge in [-0.15, -0.1) is 11.3 Å². The molecule has 0 fully saturated rings. The number of hydrogen-bond acceptors (Lipinski definition) is 8. The lowest BCUT2D eigenvalue weighted by molar-refractivity contribution is -0.147. The lowest BCUT2D eigenvalue weighted by Gasteiger charge is -2.08. The number of esters is 1. The maximum atomic E-state index is 12.1. The van der Waals surface area contributed by atoms with Crippen molar-refractivity contribution in [2.75, 3.05) is 6.61 Å². The Morgan fingerprint density at radius 2 is 2.03 bits per heavy atom. The summed E-state index contributed by atoms with van der Waals surface area (Å²) in [4.78, 5) is 40.5. The Kier molecular flexibility index (Phi) is 4.89. The van der Waals surface area contributed by atoms with Crippen molar-refractivity contribution in [1.82, 2.24) is 9.38 Å². The molecule has 0 atom stereocenters. The number of carbonyl (C=O) groups is 1. The first kappa shape index (κ1) is 18.9. The summed E-state index contributed by atoms with van der Waals surface area (Å²) in [6.07, 6.45) is 0. The van der Waals surface area contributed by atoms with Gasteiger partial charge in [0.25, 0.3) is 5.56 Å². The zero-order valence-electron chi connectivity index (χ0n) is 15.6. The van der Waals surface area contributed by atoms with Gasteiger partial charge in [0, 0.05) is 34.7 Å². The Balaban J connectivity index is 1.40. The van der Waals surface area contributed by atoms with Crippen LogP contribution >= 0.6 is 11.3 Å². The van der Waals surface area contributed by atoms with Crippen molar-refractivity contribution < 1.29 is 18.7 Å². The molecular formula is C20H16N2O6S. The monoisotopic (exact) mass is 412 g/mol. The van der Waals surface area contributed by atoms with Gasteiger partial charge in [0.1, 0.15) is 17.9 Å². The standard InChI is InChI=1S/C20H16N2O6S/c1-11-5-18(24)28-16-7-14(3-4-15(11)16)26-9-19(25)27-8-13-6-17(23)22-12(2)10-29-20(22)21-13/h3-7,10H,8-9H2,1-2H3. The molecule has 148 valence electrons. The Bertz CT molecular complexity index is 1350. The molecule has 9 heteroatoms. The molecule has 0 radical (unpaired) electrons. The van der Waals surface area contributed by atoms with E-state index in [1.165, 1.54) is 27.9 Å². The van der Waals surface area contributed by atoms with Gasteiger partial charge in [-0.1, -0.05) is 0 Å². The summed E-state index contributed by atoms with van der Waals surface area (Å²) in [7, 11) is 0. The van der Waals surface area contributed by atoms with E-state index in [0.717, 1.165) is 16.6 Å². The van der Waals surface area contributed by atoms with Gasteiger partial charge in [-0.2, -0.15) is 0 Å². The summed E-state index contributed by atoms with van der Waals surface area (Å²) in [5.74, 6) is -0.241. The predicted octanol–water partition coefficient (Wildman–Crippen LogP) is 2.60. The highest BCUT2D eigenvalue weighted by atomic mass is 32.1.